The van der Waals surface area contributed by atoms with Gasteiger partial charge >= 0.3 is 0 Å². The highest BCUT2D eigenvalue weighted by molar-refractivity contribution is 5.04. The molecule has 1 saturated carbocycles. The Hall–Kier alpha value is -0.840. The lowest BCUT2D eigenvalue weighted by Crippen LogP contribution is -2.57. The predicted molar refractivity (Wildman–Crippen MR) is 78.2 cm³/mol. The summed E-state index contributed by atoms with van der Waals surface area (Å²) in [5, 5.41) is 3.45. The minimum Gasteiger partial charge on any atom is -0.472 e. The minimum atomic E-state index is 0.430. The van der Waals surface area contributed by atoms with Crippen molar-refractivity contribution in [3.63, 3.8) is 0 Å². The molecule has 1 aliphatic rings. The number of nitrogens with one attached hydrogen (secondary N) is 1. The molecule has 1 aromatic rings. The number of hydrogen-bond acceptors (Lipinski definition) is 4. The van der Waals surface area contributed by atoms with Gasteiger partial charge in [0.1, 0.15) is 0 Å². The molecule has 108 valence electrons. The molecule has 19 heavy (non-hydrogen) atoms. The Kier molecular flexibility index (Phi) is 5.02. The molecule has 4 heteroatoms. The van der Waals surface area contributed by atoms with E-state index in [-0.39, 0.29) is 0 Å². The molecule has 0 spiro atoms. The standard InChI is InChI=1S/C15H27N3O/c1-17(2)15(6-4-7-15)13-18(3)9-8-16-11-14-5-10-19-12-14/h5,10,12,16H,4,6-9,11,13H2,1-3H3. The van der Waals surface area contributed by atoms with Gasteiger partial charge in [-0.3, -0.25) is 0 Å². The normalized spacial score (nSPS) is 17.9. The SMILES string of the molecule is CN(CCNCc1ccoc1)CC1(N(C)C)CCC1. The fourth-order valence-corrected chi connectivity index (χ4v) is 2.81. The van der Waals surface area contributed by atoms with Crippen LogP contribution in [0, 0.1) is 0 Å². The summed E-state index contributed by atoms with van der Waals surface area (Å²) in [6, 6.07) is 2.01. The Morgan fingerprint density at radius 2 is 2.11 bits per heavy atom. The van der Waals surface area contributed by atoms with Crippen molar-refractivity contribution in [2.24, 2.45) is 0 Å². The van der Waals surface area contributed by atoms with Crippen molar-refractivity contribution in [1.82, 2.24) is 15.1 Å². The maximum absolute atomic E-state index is 5.05. The van der Waals surface area contributed by atoms with E-state index >= 15 is 0 Å². The van der Waals surface area contributed by atoms with Crippen LogP contribution in [0.3, 0.4) is 0 Å². The van der Waals surface area contributed by atoms with Crippen LogP contribution in [0.25, 0.3) is 0 Å². The van der Waals surface area contributed by atoms with E-state index in [2.05, 4.69) is 36.3 Å². The van der Waals surface area contributed by atoms with E-state index in [4.69, 9.17) is 4.42 Å². The zero-order valence-electron chi connectivity index (χ0n) is 12.5. The molecule has 1 fully saturated rings. The quantitative estimate of drug-likeness (QED) is 0.726. The van der Waals surface area contributed by atoms with Crippen molar-refractivity contribution in [3.05, 3.63) is 24.2 Å². The first-order valence-corrected chi connectivity index (χ1v) is 7.20. The maximum atomic E-state index is 5.05. The summed E-state index contributed by atoms with van der Waals surface area (Å²) < 4.78 is 5.05. The van der Waals surface area contributed by atoms with Crippen LogP contribution in [0.2, 0.25) is 0 Å². The lowest BCUT2D eigenvalue weighted by Gasteiger charge is -2.49. The average molecular weight is 265 g/mol. The zero-order valence-corrected chi connectivity index (χ0v) is 12.5. The number of nitrogens with zero attached hydrogens (tertiary/aromatic N) is 2. The molecule has 1 heterocycles. The molecule has 1 N–H and O–H groups in total. The number of furan rings is 1. The van der Waals surface area contributed by atoms with Gasteiger partial charge < -0.3 is 19.5 Å². The molecule has 0 bridgehead atoms. The van der Waals surface area contributed by atoms with Crippen LogP contribution < -0.4 is 5.32 Å². The Balaban J connectivity index is 1.63. The van der Waals surface area contributed by atoms with E-state index < -0.39 is 0 Å². The second-order valence-corrected chi connectivity index (χ2v) is 6.02. The molecular formula is C15H27N3O. The molecule has 1 aromatic heterocycles. The van der Waals surface area contributed by atoms with Gasteiger partial charge in [-0.1, -0.05) is 0 Å². The predicted octanol–water partition coefficient (Wildman–Crippen LogP) is 1.79. The van der Waals surface area contributed by atoms with E-state index in [0.717, 1.165) is 19.6 Å². The topological polar surface area (TPSA) is 31.6 Å². The highest BCUT2D eigenvalue weighted by Gasteiger charge is 2.39. The molecule has 1 aliphatic carbocycles. The Labute approximate surface area is 116 Å². The first kappa shape index (κ1) is 14.6. The first-order valence-electron chi connectivity index (χ1n) is 7.20. The van der Waals surface area contributed by atoms with Crippen LogP contribution in [0.5, 0.6) is 0 Å². The molecule has 0 saturated heterocycles. The fraction of sp³-hybridized carbons (Fsp3) is 0.733. The molecule has 4 nitrogen and oxygen atoms in total. The number of likely N-dealkylation sites (N-methyl/N-ethyl adjacent to an activating group) is 2. The highest BCUT2D eigenvalue weighted by atomic mass is 16.3. The first-order chi connectivity index (χ1) is 9.12. The van der Waals surface area contributed by atoms with Gasteiger partial charge in [0, 0.05) is 37.3 Å². The van der Waals surface area contributed by atoms with Gasteiger partial charge in [0.15, 0.2) is 0 Å². The molecule has 0 aromatic carbocycles. The summed E-state index contributed by atoms with van der Waals surface area (Å²) in [5.74, 6) is 0. The summed E-state index contributed by atoms with van der Waals surface area (Å²) in [6.45, 7) is 4.18. The van der Waals surface area contributed by atoms with Gasteiger partial charge in [0.05, 0.1) is 12.5 Å². The molecule has 0 atom stereocenters. The Bertz CT molecular complexity index is 357. The largest absolute Gasteiger partial charge is 0.472 e. The smallest absolute Gasteiger partial charge is 0.0947 e. The van der Waals surface area contributed by atoms with Gasteiger partial charge in [-0.2, -0.15) is 0 Å². The molecular weight excluding hydrogens is 238 g/mol. The van der Waals surface area contributed by atoms with Crippen LogP contribution in [0.15, 0.2) is 23.0 Å². The molecule has 2 rings (SSSR count). The lowest BCUT2D eigenvalue weighted by molar-refractivity contribution is 0.0282. The summed E-state index contributed by atoms with van der Waals surface area (Å²) in [5.41, 5.74) is 1.64. The van der Waals surface area contributed by atoms with E-state index in [1.807, 2.05) is 6.07 Å². The van der Waals surface area contributed by atoms with E-state index in [9.17, 15) is 0 Å². The lowest BCUT2D eigenvalue weighted by atomic mass is 9.75. The van der Waals surface area contributed by atoms with Crippen molar-refractivity contribution >= 4 is 0 Å². The third kappa shape index (κ3) is 3.81. The summed E-state index contributed by atoms with van der Waals surface area (Å²) in [4.78, 5) is 4.85. The van der Waals surface area contributed by atoms with Crippen molar-refractivity contribution in [2.45, 2.75) is 31.3 Å². The van der Waals surface area contributed by atoms with Crippen LogP contribution in [-0.4, -0.2) is 56.1 Å². The minimum absolute atomic E-state index is 0.430. The van der Waals surface area contributed by atoms with E-state index in [1.165, 1.54) is 31.4 Å². The van der Waals surface area contributed by atoms with Gasteiger partial charge in [0.25, 0.3) is 0 Å². The maximum Gasteiger partial charge on any atom is 0.0947 e. The second kappa shape index (κ2) is 6.55. The highest BCUT2D eigenvalue weighted by Crippen LogP contribution is 2.36. The van der Waals surface area contributed by atoms with Gasteiger partial charge in [-0.05, 0) is 46.5 Å². The monoisotopic (exact) mass is 265 g/mol. The zero-order chi connectivity index (χ0) is 13.7. The fourth-order valence-electron chi connectivity index (χ4n) is 2.81. The summed E-state index contributed by atoms with van der Waals surface area (Å²) in [7, 11) is 6.65. The Morgan fingerprint density at radius 3 is 2.63 bits per heavy atom. The van der Waals surface area contributed by atoms with Crippen LogP contribution in [0.4, 0.5) is 0 Å². The van der Waals surface area contributed by atoms with Crippen LogP contribution >= 0.6 is 0 Å². The molecule has 0 amide bonds. The number of hydrogen-bond donors (Lipinski definition) is 1. The third-order valence-corrected chi connectivity index (χ3v) is 4.38. The van der Waals surface area contributed by atoms with Crippen molar-refractivity contribution < 1.29 is 4.42 Å². The summed E-state index contributed by atoms with van der Waals surface area (Å²) in [6.07, 6.45) is 7.58. The van der Waals surface area contributed by atoms with E-state index in [0.29, 0.717) is 5.54 Å². The van der Waals surface area contributed by atoms with Crippen LogP contribution in [0.1, 0.15) is 24.8 Å². The van der Waals surface area contributed by atoms with Crippen LogP contribution in [-0.2, 0) is 6.54 Å². The molecule has 0 aliphatic heterocycles. The third-order valence-electron chi connectivity index (χ3n) is 4.38. The van der Waals surface area contributed by atoms with Crippen molar-refractivity contribution in [2.75, 3.05) is 40.8 Å². The molecule has 0 unspecified atom stereocenters. The molecule has 0 radical (unpaired) electrons. The van der Waals surface area contributed by atoms with Crippen molar-refractivity contribution in [1.29, 1.82) is 0 Å². The van der Waals surface area contributed by atoms with Gasteiger partial charge in [-0.15, -0.1) is 0 Å². The Morgan fingerprint density at radius 1 is 1.32 bits per heavy atom. The van der Waals surface area contributed by atoms with Gasteiger partial charge in [-0.25, -0.2) is 0 Å². The van der Waals surface area contributed by atoms with Gasteiger partial charge in [0.2, 0.25) is 0 Å². The average Bonchev–Trinajstić information content (AvgIpc) is 2.82. The second-order valence-electron chi connectivity index (χ2n) is 6.02. The number of rotatable bonds is 8. The van der Waals surface area contributed by atoms with E-state index in [1.54, 1.807) is 12.5 Å². The summed E-state index contributed by atoms with van der Waals surface area (Å²) >= 11 is 0. The van der Waals surface area contributed by atoms with Crippen molar-refractivity contribution in [3.8, 4) is 0 Å².